The van der Waals surface area contributed by atoms with Gasteiger partial charge in [-0.2, -0.15) is 4.98 Å². The van der Waals surface area contributed by atoms with Gasteiger partial charge in [-0.3, -0.25) is 4.98 Å². The summed E-state index contributed by atoms with van der Waals surface area (Å²) in [4.78, 5) is 11.1. The predicted octanol–water partition coefficient (Wildman–Crippen LogP) is 2.48. The molecule has 118 valence electrons. The number of hydrogen-bond acceptors (Lipinski definition) is 5. The zero-order valence-corrected chi connectivity index (χ0v) is 13.3. The van der Waals surface area contributed by atoms with Gasteiger partial charge in [0.25, 0.3) is 0 Å². The van der Waals surface area contributed by atoms with E-state index in [0.29, 0.717) is 12.5 Å². The fourth-order valence-electron chi connectivity index (χ4n) is 2.62. The summed E-state index contributed by atoms with van der Waals surface area (Å²) in [6, 6.07) is 0. The van der Waals surface area contributed by atoms with Gasteiger partial charge in [-0.15, -0.1) is 0 Å². The normalized spacial score (nSPS) is 16.2. The molecule has 2 heterocycles. The van der Waals surface area contributed by atoms with Crippen molar-refractivity contribution in [2.24, 2.45) is 5.92 Å². The van der Waals surface area contributed by atoms with Crippen molar-refractivity contribution >= 4 is 5.82 Å². The molecular formula is C16H28N4O. The Labute approximate surface area is 128 Å². The first-order valence-electron chi connectivity index (χ1n) is 8.24. The summed E-state index contributed by atoms with van der Waals surface area (Å²) in [5, 5.41) is 3.53. The van der Waals surface area contributed by atoms with Crippen LogP contribution < -0.4 is 15.0 Å². The molecule has 1 saturated heterocycles. The average Bonchev–Trinajstić information content (AvgIpc) is 2.54. The van der Waals surface area contributed by atoms with Crippen LogP contribution in [0.4, 0.5) is 5.82 Å². The molecule has 5 nitrogen and oxygen atoms in total. The molecule has 1 aromatic heterocycles. The minimum atomic E-state index is 0.640. The van der Waals surface area contributed by atoms with Gasteiger partial charge in [-0.25, -0.2) is 0 Å². The number of nitrogens with zero attached hydrogens (tertiary/aromatic N) is 3. The molecular weight excluding hydrogens is 264 g/mol. The zero-order valence-electron chi connectivity index (χ0n) is 13.3. The first-order chi connectivity index (χ1) is 10.3. The van der Waals surface area contributed by atoms with Crippen molar-refractivity contribution in [1.29, 1.82) is 0 Å². The highest BCUT2D eigenvalue weighted by atomic mass is 16.5. The Morgan fingerprint density at radius 3 is 2.76 bits per heavy atom. The van der Waals surface area contributed by atoms with Crippen LogP contribution in [-0.2, 0) is 0 Å². The lowest BCUT2D eigenvalue weighted by Gasteiger charge is -2.32. The Hall–Kier alpha value is -1.36. The van der Waals surface area contributed by atoms with Gasteiger partial charge in [0.2, 0.25) is 5.88 Å². The summed E-state index contributed by atoms with van der Waals surface area (Å²) in [5.74, 6) is 2.38. The maximum Gasteiger partial charge on any atom is 0.234 e. The molecule has 1 N–H and O–H groups in total. The summed E-state index contributed by atoms with van der Waals surface area (Å²) in [7, 11) is 0. The van der Waals surface area contributed by atoms with Crippen LogP contribution in [0, 0.1) is 5.92 Å². The van der Waals surface area contributed by atoms with E-state index in [9.17, 15) is 0 Å². The van der Waals surface area contributed by atoms with Crippen LogP contribution in [-0.4, -0.2) is 42.8 Å². The van der Waals surface area contributed by atoms with Gasteiger partial charge in [0, 0.05) is 13.1 Å². The van der Waals surface area contributed by atoms with Gasteiger partial charge in [-0.1, -0.05) is 13.8 Å². The summed E-state index contributed by atoms with van der Waals surface area (Å²) in [6.07, 6.45) is 8.17. The van der Waals surface area contributed by atoms with E-state index in [1.54, 1.807) is 6.20 Å². The van der Waals surface area contributed by atoms with Gasteiger partial charge < -0.3 is 15.0 Å². The molecule has 2 rings (SSSR count). The molecule has 0 bridgehead atoms. The van der Waals surface area contributed by atoms with Crippen molar-refractivity contribution in [3.63, 3.8) is 0 Å². The molecule has 0 spiro atoms. The predicted molar refractivity (Wildman–Crippen MR) is 85.9 cm³/mol. The van der Waals surface area contributed by atoms with E-state index >= 15 is 0 Å². The van der Waals surface area contributed by atoms with Crippen LogP contribution in [0.25, 0.3) is 0 Å². The molecule has 1 aromatic rings. The second-order valence-corrected chi connectivity index (χ2v) is 5.70. The van der Waals surface area contributed by atoms with Crippen molar-refractivity contribution in [2.75, 3.05) is 37.7 Å². The molecule has 0 aromatic carbocycles. The minimum absolute atomic E-state index is 0.640. The Kier molecular flexibility index (Phi) is 6.73. The van der Waals surface area contributed by atoms with Crippen LogP contribution in [0.5, 0.6) is 5.88 Å². The van der Waals surface area contributed by atoms with Crippen molar-refractivity contribution in [1.82, 2.24) is 15.3 Å². The second kappa shape index (κ2) is 8.82. The van der Waals surface area contributed by atoms with Gasteiger partial charge >= 0.3 is 0 Å². The van der Waals surface area contributed by atoms with E-state index in [4.69, 9.17) is 4.74 Å². The number of anilines is 1. The van der Waals surface area contributed by atoms with E-state index in [0.717, 1.165) is 44.3 Å². The first-order valence-corrected chi connectivity index (χ1v) is 8.24. The molecule has 1 aliphatic heterocycles. The van der Waals surface area contributed by atoms with Gasteiger partial charge in [0.05, 0.1) is 19.0 Å². The zero-order chi connectivity index (χ0) is 14.9. The monoisotopic (exact) mass is 292 g/mol. The van der Waals surface area contributed by atoms with Crippen molar-refractivity contribution < 1.29 is 4.74 Å². The minimum Gasteiger partial charge on any atom is -0.477 e. The Bertz CT molecular complexity index is 405. The number of rotatable bonds is 8. The maximum atomic E-state index is 5.56. The van der Waals surface area contributed by atoms with E-state index in [1.807, 2.05) is 6.20 Å². The van der Waals surface area contributed by atoms with Crippen molar-refractivity contribution in [3.8, 4) is 5.88 Å². The highest BCUT2D eigenvalue weighted by Gasteiger charge is 2.20. The van der Waals surface area contributed by atoms with Gasteiger partial charge in [0.15, 0.2) is 5.82 Å². The molecule has 5 heteroatoms. The van der Waals surface area contributed by atoms with E-state index in [2.05, 4.69) is 34.0 Å². The summed E-state index contributed by atoms with van der Waals surface area (Å²) in [5.41, 5.74) is 0. The van der Waals surface area contributed by atoms with Gasteiger partial charge in [0.1, 0.15) is 0 Å². The Morgan fingerprint density at radius 2 is 2.05 bits per heavy atom. The topological polar surface area (TPSA) is 50.3 Å². The molecule has 0 radical (unpaired) electrons. The number of ether oxygens (including phenoxy) is 1. The summed E-state index contributed by atoms with van der Waals surface area (Å²) < 4.78 is 5.56. The maximum absolute atomic E-state index is 5.56. The van der Waals surface area contributed by atoms with E-state index < -0.39 is 0 Å². The summed E-state index contributed by atoms with van der Waals surface area (Å²) >= 11 is 0. The van der Waals surface area contributed by atoms with Crippen LogP contribution in [0.1, 0.15) is 39.5 Å². The number of nitrogens with one attached hydrogen (secondary N) is 1. The summed E-state index contributed by atoms with van der Waals surface area (Å²) in [6.45, 7) is 9.39. The van der Waals surface area contributed by atoms with Crippen LogP contribution in [0.2, 0.25) is 0 Å². The van der Waals surface area contributed by atoms with Gasteiger partial charge in [-0.05, 0) is 44.7 Å². The lowest BCUT2D eigenvalue weighted by molar-refractivity contribution is 0.303. The largest absolute Gasteiger partial charge is 0.477 e. The smallest absolute Gasteiger partial charge is 0.234 e. The molecule has 0 saturated carbocycles. The number of piperidine rings is 1. The molecule has 1 fully saturated rings. The molecule has 1 aliphatic rings. The number of aromatic nitrogens is 2. The Morgan fingerprint density at radius 1 is 1.24 bits per heavy atom. The fraction of sp³-hybridized carbons (Fsp3) is 0.750. The number of hydrogen-bond donors (Lipinski definition) is 1. The molecule has 0 aliphatic carbocycles. The highest BCUT2D eigenvalue weighted by molar-refractivity contribution is 5.37. The van der Waals surface area contributed by atoms with Crippen LogP contribution >= 0.6 is 0 Å². The molecule has 0 amide bonds. The lowest BCUT2D eigenvalue weighted by Crippen LogP contribution is -2.37. The van der Waals surface area contributed by atoms with Crippen LogP contribution in [0.15, 0.2) is 12.4 Å². The fourth-order valence-corrected chi connectivity index (χ4v) is 2.62. The molecule has 0 unspecified atom stereocenters. The third-order valence-corrected chi connectivity index (χ3v) is 3.85. The van der Waals surface area contributed by atoms with Crippen molar-refractivity contribution in [2.45, 2.75) is 39.5 Å². The van der Waals surface area contributed by atoms with E-state index in [-0.39, 0.29) is 0 Å². The second-order valence-electron chi connectivity index (χ2n) is 5.70. The molecule has 0 atom stereocenters. The molecule has 21 heavy (non-hydrogen) atoms. The first kappa shape index (κ1) is 16.0. The highest BCUT2D eigenvalue weighted by Crippen LogP contribution is 2.22. The van der Waals surface area contributed by atoms with Crippen LogP contribution in [0.3, 0.4) is 0 Å². The van der Waals surface area contributed by atoms with Crippen molar-refractivity contribution in [3.05, 3.63) is 12.4 Å². The Balaban J connectivity index is 1.81. The lowest BCUT2D eigenvalue weighted by atomic mass is 9.97. The third-order valence-electron chi connectivity index (χ3n) is 3.85. The standard InChI is InChI=1S/C16H28N4O/c1-3-7-17-11-14-5-8-20(9-6-14)15-12-18-13-16(19-15)21-10-4-2/h12-14,17H,3-11H2,1-2H3. The SMILES string of the molecule is CCCNCC1CCN(c2cncc(OCCC)n2)CC1. The quantitative estimate of drug-likeness (QED) is 0.746. The third kappa shape index (κ3) is 5.16. The van der Waals surface area contributed by atoms with E-state index in [1.165, 1.54) is 19.3 Å². The average molecular weight is 292 g/mol.